The molecule has 0 saturated heterocycles. The molecule has 2 aromatic carbocycles. The number of hydrogen-bond acceptors (Lipinski definition) is 4. The Labute approximate surface area is 172 Å². The highest BCUT2D eigenvalue weighted by Gasteiger charge is 2.44. The number of rotatable bonds is 2. The predicted molar refractivity (Wildman–Crippen MR) is 111 cm³/mol. The number of Topliss-reactive ketones (excluding diaryl/α,β-unsaturated/α-hetero) is 1. The molecular formula is C21H18Cl2O3S. The number of allylic oxidation sites excluding steroid dienone is 2. The maximum atomic E-state index is 13.3. The van der Waals surface area contributed by atoms with Crippen LogP contribution in [-0.2, 0) is 6.42 Å². The van der Waals surface area contributed by atoms with Crippen molar-refractivity contribution in [1.29, 1.82) is 0 Å². The van der Waals surface area contributed by atoms with Crippen LogP contribution in [0.5, 0.6) is 11.5 Å². The standard InChI is InChI=1S/C21H18Cl2O3S/c1-21(2)9-11-13(25-3)5-6-14(26-4)16(11)18(21)20-19(24)17-12(23)7-10(22)8-15(17)27-20/h5-8H,9H2,1-4H3/b20-18+. The first-order chi connectivity index (χ1) is 12.8. The summed E-state index contributed by atoms with van der Waals surface area (Å²) >= 11 is 13.9. The van der Waals surface area contributed by atoms with Gasteiger partial charge in [0.1, 0.15) is 11.5 Å². The first-order valence-electron chi connectivity index (χ1n) is 8.49. The molecule has 0 amide bonds. The van der Waals surface area contributed by atoms with Crippen molar-refractivity contribution in [3.05, 3.63) is 55.9 Å². The second-order valence-corrected chi connectivity index (χ2v) is 9.18. The second-order valence-electron chi connectivity index (χ2n) is 7.28. The molecule has 2 aliphatic rings. The number of hydrogen-bond donors (Lipinski definition) is 0. The molecular weight excluding hydrogens is 403 g/mol. The van der Waals surface area contributed by atoms with Crippen LogP contribution in [0.25, 0.3) is 5.57 Å². The molecule has 1 heterocycles. The molecule has 2 aromatic rings. The van der Waals surface area contributed by atoms with Crippen molar-refractivity contribution in [3.63, 3.8) is 0 Å². The summed E-state index contributed by atoms with van der Waals surface area (Å²) in [6, 6.07) is 7.22. The Bertz CT molecular complexity index is 1020. The summed E-state index contributed by atoms with van der Waals surface area (Å²) in [5.41, 5.74) is 3.28. The summed E-state index contributed by atoms with van der Waals surface area (Å²) in [5.74, 6) is 1.49. The van der Waals surface area contributed by atoms with Crippen LogP contribution < -0.4 is 9.47 Å². The van der Waals surface area contributed by atoms with Crippen LogP contribution in [0.4, 0.5) is 0 Å². The van der Waals surface area contributed by atoms with Crippen molar-refractivity contribution >= 4 is 46.3 Å². The Morgan fingerprint density at radius 2 is 1.70 bits per heavy atom. The largest absolute Gasteiger partial charge is 0.496 e. The average Bonchev–Trinajstić information content (AvgIpc) is 3.06. The van der Waals surface area contributed by atoms with Gasteiger partial charge in [0.15, 0.2) is 0 Å². The van der Waals surface area contributed by atoms with Gasteiger partial charge in [0.25, 0.3) is 0 Å². The number of fused-ring (bicyclic) bond motifs is 2. The summed E-state index contributed by atoms with van der Waals surface area (Å²) in [6.07, 6.45) is 0.764. The van der Waals surface area contributed by atoms with E-state index in [1.54, 1.807) is 26.4 Å². The molecule has 140 valence electrons. The highest BCUT2D eigenvalue weighted by Crippen LogP contribution is 2.58. The van der Waals surface area contributed by atoms with Crippen molar-refractivity contribution in [2.24, 2.45) is 5.41 Å². The minimum Gasteiger partial charge on any atom is -0.496 e. The number of thioether (sulfide) groups is 1. The Balaban J connectivity index is 2.01. The lowest BCUT2D eigenvalue weighted by atomic mass is 9.83. The molecule has 3 nitrogen and oxygen atoms in total. The molecule has 0 atom stereocenters. The Morgan fingerprint density at radius 3 is 2.37 bits per heavy atom. The van der Waals surface area contributed by atoms with Crippen molar-refractivity contribution in [2.45, 2.75) is 25.2 Å². The third kappa shape index (κ3) is 2.77. The van der Waals surface area contributed by atoms with Crippen molar-refractivity contribution < 1.29 is 14.3 Å². The zero-order valence-corrected chi connectivity index (χ0v) is 17.7. The predicted octanol–water partition coefficient (Wildman–Crippen LogP) is 6.29. The first-order valence-corrected chi connectivity index (χ1v) is 10.1. The summed E-state index contributed by atoms with van der Waals surface area (Å²) in [6.45, 7) is 4.28. The number of halogens is 2. The van der Waals surface area contributed by atoms with Crippen LogP contribution in [-0.4, -0.2) is 20.0 Å². The third-order valence-electron chi connectivity index (χ3n) is 5.11. The Kier molecular flexibility index (Phi) is 4.49. The Hall–Kier alpha value is -1.62. The molecule has 0 spiro atoms. The normalized spacial score (nSPS) is 19.9. The summed E-state index contributed by atoms with van der Waals surface area (Å²) in [4.78, 5) is 14.8. The van der Waals surface area contributed by atoms with Crippen LogP contribution in [0.1, 0.15) is 35.3 Å². The molecule has 0 saturated carbocycles. The molecule has 0 unspecified atom stereocenters. The Morgan fingerprint density at radius 1 is 1.04 bits per heavy atom. The van der Waals surface area contributed by atoms with Crippen molar-refractivity contribution in [3.8, 4) is 11.5 Å². The highest BCUT2D eigenvalue weighted by molar-refractivity contribution is 8.05. The molecule has 4 rings (SSSR count). The highest BCUT2D eigenvalue weighted by atomic mass is 35.5. The van der Waals surface area contributed by atoms with Gasteiger partial charge in [-0.1, -0.05) is 48.8 Å². The first kappa shape index (κ1) is 18.7. The van der Waals surface area contributed by atoms with Gasteiger partial charge in [-0.15, -0.1) is 0 Å². The van der Waals surface area contributed by atoms with E-state index in [0.29, 0.717) is 20.5 Å². The van der Waals surface area contributed by atoms with E-state index in [4.69, 9.17) is 32.7 Å². The average molecular weight is 421 g/mol. The number of carbonyl (C=O) groups excluding carboxylic acids is 1. The van der Waals surface area contributed by atoms with Crippen LogP contribution in [0, 0.1) is 5.41 Å². The van der Waals surface area contributed by atoms with Crippen molar-refractivity contribution in [1.82, 2.24) is 0 Å². The van der Waals surface area contributed by atoms with E-state index < -0.39 is 0 Å². The maximum absolute atomic E-state index is 13.3. The number of methoxy groups -OCH3 is 2. The molecule has 6 heteroatoms. The summed E-state index contributed by atoms with van der Waals surface area (Å²) in [5, 5.41) is 0.912. The van der Waals surface area contributed by atoms with E-state index in [9.17, 15) is 4.79 Å². The maximum Gasteiger partial charge on any atom is 0.202 e. The SMILES string of the molecule is COc1ccc(OC)c2c1CC(C)(C)/C2=C1/Sc2cc(Cl)cc(Cl)c2C1=O. The van der Waals surface area contributed by atoms with Crippen molar-refractivity contribution in [2.75, 3.05) is 14.2 Å². The minimum absolute atomic E-state index is 0.0579. The number of ketones is 1. The van der Waals surface area contributed by atoms with Gasteiger partial charge in [-0.2, -0.15) is 0 Å². The fourth-order valence-electron chi connectivity index (χ4n) is 3.99. The van der Waals surface area contributed by atoms with Gasteiger partial charge in [-0.3, -0.25) is 4.79 Å². The smallest absolute Gasteiger partial charge is 0.202 e. The van der Waals surface area contributed by atoms with E-state index in [-0.39, 0.29) is 11.2 Å². The van der Waals surface area contributed by atoms with E-state index in [1.807, 2.05) is 12.1 Å². The minimum atomic E-state index is -0.249. The lowest BCUT2D eigenvalue weighted by molar-refractivity contribution is 0.104. The fraction of sp³-hybridized carbons (Fsp3) is 0.286. The van der Waals surface area contributed by atoms with E-state index in [0.717, 1.165) is 39.5 Å². The van der Waals surface area contributed by atoms with Gasteiger partial charge in [0, 0.05) is 21.0 Å². The van der Waals surface area contributed by atoms with E-state index in [2.05, 4.69) is 13.8 Å². The van der Waals surface area contributed by atoms with Gasteiger partial charge in [0.2, 0.25) is 5.78 Å². The molecule has 1 aliphatic carbocycles. The second kappa shape index (κ2) is 6.47. The quantitative estimate of drug-likeness (QED) is 0.534. The molecule has 0 aromatic heterocycles. The lowest BCUT2D eigenvalue weighted by Gasteiger charge is -2.22. The van der Waals surface area contributed by atoms with Gasteiger partial charge in [-0.05, 0) is 41.7 Å². The topological polar surface area (TPSA) is 35.5 Å². The van der Waals surface area contributed by atoms with Crippen LogP contribution in [0.2, 0.25) is 10.0 Å². The van der Waals surface area contributed by atoms with Crippen LogP contribution in [0.3, 0.4) is 0 Å². The molecule has 0 N–H and O–H groups in total. The molecule has 1 aliphatic heterocycles. The summed E-state index contributed by atoms with van der Waals surface area (Å²) in [7, 11) is 3.30. The molecule has 0 fully saturated rings. The lowest BCUT2D eigenvalue weighted by Crippen LogP contribution is -2.13. The van der Waals surface area contributed by atoms with E-state index >= 15 is 0 Å². The van der Waals surface area contributed by atoms with Gasteiger partial charge >= 0.3 is 0 Å². The number of ether oxygens (including phenoxy) is 2. The molecule has 0 bridgehead atoms. The van der Waals surface area contributed by atoms with Gasteiger partial charge in [0.05, 0.1) is 29.7 Å². The number of carbonyl (C=O) groups is 1. The molecule has 27 heavy (non-hydrogen) atoms. The van der Waals surface area contributed by atoms with Crippen LogP contribution in [0.15, 0.2) is 34.1 Å². The molecule has 0 radical (unpaired) electrons. The fourth-order valence-corrected chi connectivity index (χ4v) is 6.08. The number of benzene rings is 2. The monoisotopic (exact) mass is 420 g/mol. The zero-order chi connectivity index (χ0) is 19.5. The third-order valence-corrected chi connectivity index (χ3v) is 6.76. The van der Waals surface area contributed by atoms with Gasteiger partial charge < -0.3 is 9.47 Å². The summed E-state index contributed by atoms with van der Waals surface area (Å²) < 4.78 is 11.2. The van der Waals surface area contributed by atoms with Crippen LogP contribution >= 0.6 is 35.0 Å². The zero-order valence-electron chi connectivity index (χ0n) is 15.4. The van der Waals surface area contributed by atoms with Gasteiger partial charge in [-0.25, -0.2) is 0 Å². The van der Waals surface area contributed by atoms with E-state index in [1.165, 1.54) is 11.8 Å².